The number of hydrogen-bond acceptors (Lipinski definition) is 6. The topological polar surface area (TPSA) is 97.6 Å². The smallest absolute Gasteiger partial charge is 0.408 e. The summed E-state index contributed by atoms with van der Waals surface area (Å²) in [7, 11) is 0. The largest absolute Gasteiger partial charge is 0.468 e. The van der Waals surface area contributed by atoms with Crippen LogP contribution < -0.4 is 10.6 Å². The van der Waals surface area contributed by atoms with E-state index in [1.54, 1.807) is 6.26 Å². The van der Waals surface area contributed by atoms with Gasteiger partial charge in [-0.25, -0.2) is 4.79 Å². The maximum absolute atomic E-state index is 13.3. The van der Waals surface area contributed by atoms with Crippen LogP contribution in [0, 0.1) is 5.92 Å². The third kappa shape index (κ3) is 10.5. The molecule has 0 saturated heterocycles. The van der Waals surface area contributed by atoms with E-state index in [-0.39, 0.29) is 24.1 Å². The Labute approximate surface area is 228 Å². The van der Waals surface area contributed by atoms with E-state index >= 15 is 0 Å². The highest BCUT2D eigenvalue weighted by Crippen LogP contribution is 2.15. The van der Waals surface area contributed by atoms with E-state index < -0.39 is 24.1 Å². The van der Waals surface area contributed by atoms with Gasteiger partial charge in [0.25, 0.3) is 0 Å². The van der Waals surface area contributed by atoms with Crippen LogP contribution >= 0.6 is 11.8 Å². The van der Waals surface area contributed by atoms with Gasteiger partial charge in [0.15, 0.2) is 5.78 Å². The molecule has 2 aromatic carbocycles. The zero-order valence-corrected chi connectivity index (χ0v) is 22.7. The van der Waals surface area contributed by atoms with Crippen molar-refractivity contribution in [2.24, 2.45) is 5.92 Å². The van der Waals surface area contributed by atoms with E-state index in [0.29, 0.717) is 25.0 Å². The van der Waals surface area contributed by atoms with Gasteiger partial charge in [-0.2, -0.15) is 0 Å². The minimum Gasteiger partial charge on any atom is -0.468 e. The van der Waals surface area contributed by atoms with Gasteiger partial charge < -0.3 is 19.8 Å². The Morgan fingerprint density at radius 3 is 2.18 bits per heavy atom. The summed E-state index contributed by atoms with van der Waals surface area (Å²) >= 11 is 1.45. The first-order valence-electron chi connectivity index (χ1n) is 12.8. The van der Waals surface area contributed by atoms with Crippen LogP contribution in [0.1, 0.15) is 43.6 Å². The highest BCUT2D eigenvalue weighted by molar-refractivity contribution is 7.99. The predicted molar refractivity (Wildman–Crippen MR) is 150 cm³/mol. The van der Waals surface area contributed by atoms with E-state index in [0.717, 1.165) is 16.9 Å². The van der Waals surface area contributed by atoms with Crippen molar-refractivity contribution in [1.82, 2.24) is 10.6 Å². The lowest BCUT2D eigenvalue weighted by molar-refractivity contribution is -0.128. The van der Waals surface area contributed by atoms with Gasteiger partial charge in [0.05, 0.1) is 23.8 Å². The van der Waals surface area contributed by atoms with Crippen molar-refractivity contribution >= 4 is 29.5 Å². The van der Waals surface area contributed by atoms with Crippen LogP contribution in [0.3, 0.4) is 0 Å². The fourth-order valence-corrected chi connectivity index (χ4v) is 4.77. The van der Waals surface area contributed by atoms with Gasteiger partial charge in [-0.1, -0.05) is 74.5 Å². The summed E-state index contributed by atoms with van der Waals surface area (Å²) in [5.74, 6) is 1.29. The SMILES string of the molecule is CC(C)CC(NC(=O)OCc1ccccc1)C(=O)NC(CCc1ccccc1)C(=O)CSCc1ccco1. The summed E-state index contributed by atoms with van der Waals surface area (Å²) in [6.45, 7) is 4.05. The normalized spacial score (nSPS) is 12.5. The highest BCUT2D eigenvalue weighted by Gasteiger charge is 2.27. The molecular formula is C30H36N2O5S. The first-order valence-corrected chi connectivity index (χ1v) is 14.0. The predicted octanol–water partition coefficient (Wildman–Crippen LogP) is 5.54. The number of carbonyl (C=O) groups excluding carboxylic acids is 3. The number of nitrogens with one attached hydrogen (secondary N) is 2. The van der Waals surface area contributed by atoms with Crippen LogP contribution in [-0.4, -0.2) is 35.6 Å². The second kappa shape index (κ2) is 15.7. The molecule has 8 heteroatoms. The Hall–Kier alpha value is -3.52. The number of furan rings is 1. The summed E-state index contributed by atoms with van der Waals surface area (Å²) in [4.78, 5) is 39.0. The molecule has 202 valence electrons. The summed E-state index contributed by atoms with van der Waals surface area (Å²) in [5.41, 5.74) is 1.94. The molecule has 2 amide bonds. The lowest BCUT2D eigenvalue weighted by Crippen LogP contribution is -2.52. The van der Waals surface area contributed by atoms with Crippen molar-refractivity contribution in [3.63, 3.8) is 0 Å². The van der Waals surface area contributed by atoms with Crippen molar-refractivity contribution in [3.05, 3.63) is 95.9 Å². The molecule has 0 aliphatic carbocycles. The Kier molecular flexibility index (Phi) is 12.0. The summed E-state index contributed by atoms with van der Waals surface area (Å²) in [6.07, 6.45) is 2.45. The summed E-state index contributed by atoms with van der Waals surface area (Å²) < 4.78 is 10.7. The van der Waals surface area contributed by atoms with Crippen LogP contribution in [0.5, 0.6) is 0 Å². The van der Waals surface area contributed by atoms with Crippen molar-refractivity contribution < 1.29 is 23.5 Å². The molecule has 0 bridgehead atoms. The molecule has 0 aliphatic rings. The van der Waals surface area contributed by atoms with Crippen molar-refractivity contribution in [3.8, 4) is 0 Å². The van der Waals surface area contributed by atoms with Crippen LogP contribution in [0.25, 0.3) is 0 Å². The summed E-state index contributed by atoms with van der Waals surface area (Å²) in [5, 5.41) is 5.62. The molecule has 0 radical (unpaired) electrons. The molecule has 38 heavy (non-hydrogen) atoms. The first kappa shape index (κ1) is 29.0. The fourth-order valence-electron chi connectivity index (χ4n) is 3.90. The van der Waals surface area contributed by atoms with Gasteiger partial charge in [-0.05, 0) is 48.4 Å². The van der Waals surface area contributed by atoms with Gasteiger partial charge in [0.2, 0.25) is 5.91 Å². The molecular weight excluding hydrogens is 500 g/mol. The minimum atomic E-state index is -0.818. The van der Waals surface area contributed by atoms with E-state index in [1.807, 2.05) is 86.6 Å². The minimum absolute atomic E-state index is 0.0687. The number of ether oxygens (including phenoxy) is 1. The Bertz CT molecular complexity index is 1120. The Balaban J connectivity index is 1.61. The third-order valence-corrected chi connectivity index (χ3v) is 6.84. The van der Waals surface area contributed by atoms with Crippen molar-refractivity contribution in [1.29, 1.82) is 0 Å². The fraction of sp³-hybridized carbons (Fsp3) is 0.367. The van der Waals surface area contributed by atoms with E-state index in [9.17, 15) is 14.4 Å². The highest BCUT2D eigenvalue weighted by atomic mass is 32.2. The molecule has 0 aliphatic heterocycles. The lowest BCUT2D eigenvalue weighted by Gasteiger charge is -2.24. The number of alkyl carbamates (subject to hydrolysis) is 1. The first-order chi connectivity index (χ1) is 18.4. The molecule has 1 aromatic heterocycles. The van der Waals surface area contributed by atoms with Crippen LogP contribution in [0.2, 0.25) is 0 Å². The quantitative estimate of drug-likeness (QED) is 0.265. The number of carbonyl (C=O) groups is 3. The molecule has 7 nitrogen and oxygen atoms in total. The summed E-state index contributed by atoms with van der Waals surface area (Å²) in [6, 6.07) is 21.4. The van der Waals surface area contributed by atoms with Gasteiger partial charge >= 0.3 is 6.09 Å². The third-order valence-electron chi connectivity index (χ3n) is 5.87. The maximum Gasteiger partial charge on any atom is 0.408 e. The number of benzene rings is 2. The number of amides is 2. The number of thioether (sulfide) groups is 1. The molecule has 2 N–H and O–H groups in total. The molecule has 3 rings (SSSR count). The monoisotopic (exact) mass is 536 g/mol. The van der Waals surface area contributed by atoms with Crippen LogP contribution in [-0.2, 0) is 33.1 Å². The van der Waals surface area contributed by atoms with Gasteiger partial charge in [0, 0.05) is 0 Å². The second-order valence-electron chi connectivity index (χ2n) is 9.51. The molecule has 3 aromatic rings. The van der Waals surface area contributed by atoms with Crippen molar-refractivity contribution in [2.75, 3.05) is 5.75 Å². The zero-order chi connectivity index (χ0) is 27.2. The van der Waals surface area contributed by atoms with Crippen molar-refractivity contribution in [2.45, 2.75) is 57.6 Å². The van der Waals surface area contributed by atoms with Crippen LogP contribution in [0.15, 0.2) is 83.5 Å². The standard InChI is InChI=1S/C30H36N2O5S/c1-22(2)18-27(32-30(35)37-19-24-12-7-4-8-13-24)29(34)31-26(16-15-23-10-5-3-6-11-23)28(33)21-38-20-25-14-9-17-36-25/h3-14,17,22,26-27H,15-16,18-21H2,1-2H3,(H,31,34)(H,32,35). The molecule has 2 atom stereocenters. The van der Waals surface area contributed by atoms with E-state index in [4.69, 9.17) is 9.15 Å². The Morgan fingerprint density at radius 1 is 0.868 bits per heavy atom. The number of rotatable bonds is 15. The average Bonchev–Trinajstić information content (AvgIpc) is 3.44. The van der Waals surface area contributed by atoms with Gasteiger partial charge in [-0.15, -0.1) is 11.8 Å². The number of Topliss-reactive ketones (excluding diaryl/α,β-unsaturated/α-hetero) is 1. The molecule has 0 spiro atoms. The number of aryl methyl sites for hydroxylation is 1. The second-order valence-corrected chi connectivity index (χ2v) is 10.5. The van der Waals surface area contributed by atoms with Gasteiger partial charge in [0.1, 0.15) is 18.4 Å². The molecule has 2 unspecified atom stereocenters. The average molecular weight is 537 g/mol. The number of hydrogen-bond donors (Lipinski definition) is 2. The van der Waals surface area contributed by atoms with E-state index in [1.165, 1.54) is 11.8 Å². The van der Waals surface area contributed by atoms with Gasteiger partial charge in [-0.3, -0.25) is 9.59 Å². The lowest BCUT2D eigenvalue weighted by atomic mass is 10.00. The molecule has 0 saturated carbocycles. The maximum atomic E-state index is 13.3. The Morgan fingerprint density at radius 2 is 1.55 bits per heavy atom. The molecule has 0 fully saturated rings. The van der Waals surface area contributed by atoms with Crippen LogP contribution in [0.4, 0.5) is 4.79 Å². The zero-order valence-electron chi connectivity index (χ0n) is 21.9. The van der Waals surface area contributed by atoms with E-state index in [2.05, 4.69) is 10.6 Å². The molecule has 1 heterocycles. The number of ketones is 1.